The number of aryl methyl sites for hydroxylation is 2. The van der Waals surface area contributed by atoms with Crippen molar-refractivity contribution in [3.05, 3.63) is 89.9 Å². The molecule has 0 aliphatic carbocycles. The van der Waals surface area contributed by atoms with Gasteiger partial charge in [-0.25, -0.2) is 9.97 Å². The van der Waals surface area contributed by atoms with Gasteiger partial charge in [0.25, 0.3) is 0 Å². The number of benzene rings is 2. The van der Waals surface area contributed by atoms with Gasteiger partial charge in [0.1, 0.15) is 0 Å². The summed E-state index contributed by atoms with van der Waals surface area (Å²) in [6.07, 6.45) is 4.01. The van der Waals surface area contributed by atoms with Crippen LogP contribution >= 0.6 is 11.3 Å². The maximum atomic E-state index is 12.9. The summed E-state index contributed by atoms with van der Waals surface area (Å²) in [5.41, 5.74) is 3.11. The summed E-state index contributed by atoms with van der Waals surface area (Å²) in [5.74, 6) is 0.794. The fraction of sp³-hybridized carbons (Fsp3) is 0.174. The van der Waals surface area contributed by atoms with Gasteiger partial charge < -0.3 is 9.88 Å². The van der Waals surface area contributed by atoms with E-state index in [1.807, 2.05) is 61.1 Å². The first-order valence-corrected chi connectivity index (χ1v) is 10.3. The molecular weight excluding hydrogens is 380 g/mol. The van der Waals surface area contributed by atoms with Crippen molar-refractivity contribution in [2.75, 3.05) is 5.32 Å². The topological polar surface area (TPSA) is 59.8 Å². The summed E-state index contributed by atoms with van der Waals surface area (Å²) in [6, 6.07) is 20.3. The van der Waals surface area contributed by atoms with E-state index in [1.54, 1.807) is 6.20 Å². The van der Waals surface area contributed by atoms with Crippen molar-refractivity contribution in [1.82, 2.24) is 14.5 Å². The number of carbonyl (C=O) groups is 1. The number of anilines is 1. The molecule has 1 N–H and O–H groups in total. The van der Waals surface area contributed by atoms with Crippen LogP contribution in [0, 0.1) is 6.92 Å². The van der Waals surface area contributed by atoms with Gasteiger partial charge in [-0.05, 0) is 18.1 Å². The molecule has 0 unspecified atom stereocenters. The second kappa shape index (κ2) is 8.41. The van der Waals surface area contributed by atoms with Crippen LogP contribution < -0.4 is 5.32 Å². The lowest BCUT2D eigenvalue weighted by molar-refractivity contribution is -0.116. The third-order valence-electron chi connectivity index (χ3n) is 4.86. The summed E-state index contributed by atoms with van der Waals surface area (Å²) >= 11 is 1.45. The zero-order chi connectivity index (χ0) is 20.2. The van der Waals surface area contributed by atoms with Crippen LogP contribution in [0.5, 0.6) is 0 Å². The highest BCUT2D eigenvalue weighted by Gasteiger charge is 2.20. The van der Waals surface area contributed by atoms with E-state index in [0.29, 0.717) is 11.6 Å². The Hall–Kier alpha value is -3.25. The summed E-state index contributed by atoms with van der Waals surface area (Å²) in [5, 5.41) is 3.59. The molecule has 0 spiro atoms. The monoisotopic (exact) mass is 402 g/mol. The van der Waals surface area contributed by atoms with Gasteiger partial charge in [-0.15, -0.1) is 0 Å². The minimum Gasteiger partial charge on any atom is -0.333 e. The molecule has 29 heavy (non-hydrogen) atoms. The Morgan fingerprint density at radius 2 is 1.69 bits per heavy atom. The summed E-state index contributed by atoms with van der Waals surface area (Å²) in [6.45, 7) is 1.94. The molecule has 2 heterocycles. The van der Waals surface area contributed by atoms with E-state index in [2.05, 4.69) is 39.6 Å². The van der Waals surface area contributed by atoms with E-state index >= 15 is 0 Å². The second-order valence-corrected chi connectivity index (χ2v) is 7.92. The quantitative estimate of drug-likeness (QED) is 0.493. The summed E-state index contributed by atoms with van der Waals surface area (Å²) in [7, 11) is 1.95. The van der Waals surface area contributed by atoms with Crippen LogP contribution in [0.1, 0.15) is 29.2 Å². The maximum Gasteiger partial charge on any atom is 0.227 e. The number of nitrogens with zero attached hydrogens (tertiary/aromatic N) is 3. The van der Waals surface area contributed by atoms with Gasteiger partial charge in [0.2, 0.25) is 5.91 Å². The maximum absolute atomic E-state index is 12.9. The molecule has 0 radical (unpaired) electrons. The van der Waals surface area contributed by atoms with Gasteiger partial charge >= 0.3 is 0 Å². The smallest absolute Gasteiger partial charge is 0.227 e. The molecule has 0 saturated heterocycles. The van der Waals surface area contributed by atoms with Crippen molar-refractivity contribution in [3.63, 3.8) is 0 Å². The van der Waals surface area contributed by atoms with Crippen molar-refractivity contribution in [1.29, 1.82) is 0 Å². The van der Waals surface area contributed by atoms with Crippen LogP contribution in [-0.4, -0.2) is 20.4 Å². The van der Waals surface area contributed by atoms with Crippen molar-refractivity contribution in [2.24, 2.45) is 7.05 Å². The highest BCUT2D eigenvalue weighted by atomic mass is 32.1. The fourth-order valence-corrected chi connectivity index (χ4v) is 4.42. The molecule has 5 nitrogen and oxygen atoms in total. The largest absolute Gasteiger partial charge is 0.333 e. The van der Waals surface area contributed by atoms with Crippen molar-refractivity contribution >= 4 is 22.4 Å². The third-order valence-corrected chi connectivity index (χ3v) is 5.93. The Morgan fingerprint density at radius 3 is 2.24 bits per heavy atom. The number of imidazole rings is 1. The van der Waals surface area contributed by atoms with E-state index in [1.165, 1.54) is 11.3 Å². The Bertz CT molecular complexity index is 1060. The van der Waals surface area contributed by atoms with Crippen molar-refractivity contribution in [3.8, 4) is 10.7 Å². The molecule has 2 aromatic heterocycles. The standard InChI is InChI=1S/C23H22N4OS/c1-16-21(22-24-13-14-27(22)2)29-23(25-16)26-20(28)15-19(17-9-5-3-6-10-17)18-11-7-4-8-12-18/h3-14,19H,15H2,1-2H3,(H,25,26,28). The summed E-state index contributed by atoms with van der Waals surface area (Å²) in [4.78, 5) is 22.8. The molecule has 1 amide bonds. The number of rotatable bonds is 6. The number of aromatic nitrogens is 3. The molecule has 0 fully saturated rings. The van der Waals surface area contributed by atoms with E-state index in [0.717, 1.165) is 27.5 Å². The highest BCUT2D eigenvalue weighted by molar-refractivity contribution is 7.19. The van der Waals surface area contributed by atoms with Crippen LogP contribution in [0.25, 0.3) is 10.7 Å². The fourth-order valence-electron chi connectivity index (χ4n) is 3.40. The number of hydrogen-bond acceptors (Lipinski definition) is 4. The number of hydrogen-bond donors (Lipinski definition) is 1. The number of carbonyl (C=O) groups excluding carboxylic acids is 1. The molecule has 0 aliphatic heterocycles. The normalized spacial score (nSPS) is 11.0. The van der Waals surface area contributed by atoms with Gasteiger partial charge in [0, 0.05) is 31.8 Å². The van der Waals surface area contributed by atoms with Gasteiger partial charge in [0.15, 0.2) is 11.0 Å². The first kappa shape index (κ1) is 19.1. The highest BCUT2D eigenvalue weighted by Crippen LogP contribution is 2.32. The molecule has 146 valence electrons. The molecule has 4 rings (SSSR count). The predicted molar refractivity (Wildman–Crippen MR) is 117 cm³/mol. The zero-order valence-electron chi connectivity index (χ0n) is 16.4. The minimum absolute atomic E-state index is 0.00697. The minimum atomic E-state index is -0.0529. The Labute approximate surface area is 174 Å². The molecule has 0 atom stereocenters. The molecular formula is C23H22N4OS. The van der Waals surface area contributed by atoms with Crippen LogP contribution in [0.3, 0.4) is 0 Å². The average Bonchev–Trinajstić information content (AvgIpc) is 3.32. The van der Waals surface area contributed by atoms with E-state index in [9.17, 15) is 4.79 Å². The van der Waals surface area contributed by atoms with Gasteiger partial charge in [-0.2, -0.15) is 0 Å². The Balaban J connectivity index is 1.54. The van der Waals surface area contributed by atoms with E-state index in [-0.39, 0.29) is 11.8 Å². The van der Waals surface area contributed by atoms with Crippen molar-refractivity contribution in [2.45, 2.75) is 19.3 Å². The molecule has 6 heteroatoms. The molecule has 0 bridgehead atoms. The van der Waals surface area contributed by atoms with Crippen LogP contribution in [0.2, 0.25) is 0 Å². The number of amides is 1. The first-order chi connectivity index (χ1) is 14.1. The Kier molecular flexibility index (Phi) is 5.53. The molecule has 4 aromatic rings. The lowest BCUT2D eigenvalue weighted by Gasteiger charge is -2.17. The van der Waals surface area contributed by atoms with Gasteiger partial charge in [0.05, 0.1) is 10.6 Å². The van der Waals surface area contributed by atoms with Crippen LogP contribution in [0.4, 0.5) is 5.13 Å². The first-order valence-electron chi connectivity index (χ1n) is 9.46. The van der Waals surface area contributed by atoms with Gasteiger partial charge in [-0.1, -0.05) is 72.0 Å². The molecule has 2 aromatic carbocycles. The number of thiazole rings is 1. The second-order valence-electron chi connectivity index (χ2n) is 6.92. The predicted octanol–water partition coefficient (Wildman–Crippen LogP) is 5.01. The van der Waals surface area contributed by atoms with E-state index < -0.39 is 0 Å². The Morgan fingerprint density at radius 1 is 1.07 bits per heavy atom. The lowest BCUT2D eigenvalue weighted by Crippen LogP contribution is -2.16. The molecule has 0 saturated carbocycles. The third kappa shape index (κ3) is 4.27. The lowest BCUT2D eigenvalue weighted by atomic mass is 9.88. The average molecular weight is 403 g/mol. The SMILES string of the molecule is Cc1nc(NC(=O)CC(c2ccccc2)c2ccccc2)sc1-c1nccn1C. The molecule has 0 aliphatic rings. The van der Waals surface area contributed by atoms with Crippen molar-refractivity contribution < 1.29 is 4.79 Å². The van der Waals surface area contributed by atoms with E-state index in [4.69, 9.17) is 0 Å². The van der Waals surface area contributed by atoms with Crippen LogP contribution in [-0.2, 0) is 11.8 Å². The summed E-state index contributed by atoms with van der Waals surface area (Å²) < 4.78 is 1.95. The van der Waals surface area contributed by atoms with Crippen LogP contribution in [0.15, 0.2) is 73.1 Å². The number of nitrogens with one attached hydrogen (secondary N) is 1. The van der Waals surface area contributed by atoms with Gasteiger partial charge in [-0.3, -0.25) is 4.79 Å². The zero-order valence-corrected chi connectivity index (χ0v) is 17.2.